The minimum atomic E-state index is -0.536. The Balaban J connectivity index is 2.99. The lowest BCUT2D eigenvalue weighted by Gasteiger charge is -1.97. The lowest BCUT2D eigenvalue weighted by atomic mass is 10.7. The molecule has 8 heavy (non-hydrogen) atoms. The molecule has 0 unspecified atom stereocenters. The predicted molar refractivity (Wildman–Crippen MR) is 25.4 cm³/mol. The van der Waals surface area contributed by atoms with E-state index in [1.807, 2.05) is 5.48 Å². The number of nitrogens with one attached hydrogen (secondary N) is 1. The van der Waals surface area contributed by atoms with E-state index in [0.717, 1.165) is 0 Å². The first kappa shape index (κ1) is 7.35. The van der Waals surface area contributed by atoms with Gasteiger partial charge in [-0.15, -0.1) is 0 Å². The van der Waals surface area contributed by atoms with E-state index in [1.54, 1.807) is 0 Å². The molecule has 0 fully saturated rings. The van der Waals surface area contributed by atoms with Gasteiger partial charge in [-0.3, -0.25) is 4.79 Å². The Morgan fingerprint density at radius 3 is 2.88 bits per heavy atom. The first-order chi connectivity index (χ1) is 3.81. The maximum absolute atomic E-state index is 10.1. The molecule has 0 aromatic rings. The summed E-state index contributed by atoms with van der Waals surface area (Å²) in [6.45, 7) is -0.675. The van der Waals surface area contributed by atoms with E-state index in [1.165, 1.54) is 0 Å². The molecule has 0 aromatic heterocycles. The van der Waals surface area contributed by atoms with Gasteiger partial charge < -0.3 is 10.8 Å². The quantitative estimate of drug-likeness (QED) is 0.295. The van der Waals surface area contributed by atoms with E-state index >= 15 is 0 Å². The minimum Gasteiger partial charge on any atom is -0.368 e. The van der Waals surface area contributed by atoms with Gasteiger partial charge in [0.1, 0.15) is 0 Å². The van der Waals surface area contributed by atoms with Gasteiger partial charge in [-0.1, -0.05) is 0 Å². The van der Waals surface area contributed by atoms with Crippen molar-refractivity contribution >= 4 is 5.91 Å². The molecule has 0 aliphatic rings. The van der Waals surface area contributed by atoms with Crippen LogP contribution in [0.1, 0.15) is 0 Å². The van der Waals surface area contributed by atoms with Crippen molar-refractivity contribution in [2.24, 2.45) is 5.73 Å². The van der Waals surface area contributed by atoms with E-state index in [2.05, 4.69) is 4.84 Å². The summed E-state index contributed by atoms with van der Waals surface area (Å²) in [7, 11) is 0. The number of hydrogen-bond donors (Lipinski definition) is 3. The predicted octanol–water partition coefficient (Wildman–Crippen LogP) is -2.06. The standard InChI is InChI=1S/C3H8N2O3/c4-1-3(7)5-8-2-6/h6H,1-2,4H2,(H,5,7). The van der Waals surface area contributed by atoms with Gasteiger partial charge in [0.2, 0.25) is 0 Å². The van der Waals surface area contributed by atoms with Crippen molar-refractivity contribution in [3.05, 3.63) is 0 Å². The summed E-state index contributed by atoms with van der Waals surface area (Å²) < 4.78 is 0. The number of rotatable bonds is 3. The summed E-state index contributed by atoms with van der Waals surface area (Å²) in [5.74, 6) is -0.459. The van der Waals surface area contributed by atoms with Crippen LogP contribution < -0.4 is 11.2 Å². The van der Waals surface area contributed by atoms with Gasteiger partial charge in [-0.05, 0) is 0 Å². The summed E-state index contributed by atoms with van der Waals surface area (Å²) in [5.41, 5.74) is 6.71. The molecule has 0 saturated heterocycles. The van der Waals surface area contributed by atoms with Gasteiger partial charge in [0.15, 0.2) is 6.79 Å². The van der Waals surface area contributed by atoms with Gasteiger partial charge in [-0.2, -0.15) is 0 Å². The second-order valence-electron chi connectivity index (χ2n) is 1.00. The molecule has 5 heteroatoms. The fourth-order valence-electron chi connectivity index (χ4n) is 0.154. The van der Waals surface area contributed by atoms with Crippen molar-refractivity contribution in [3.8, 4) is 0 Å². The summed E-state index contributed by atoms with van der Waals surface area (Å²) in [6.07, 6.45) is 0. The highest BCUT2D eigenvalue weighted by Gasteiger charge is 1.91. The number of hydroxylamine groups is 1. The van der Waals surface area contributed by atoms with Gasteiger partial charge in [0.25, 0.3) is 5.91 Å². The highest BCUT2D eigenvalue weighted by atomic mass is 16.7. The lowest BCUT2D eigenvalue weighted by molar-refractivity contribution is -0.140. The van der Waals surface area contributed by atoms with Crippen molar-refractivity contribution in [1.29, 1.82) is 0 Å². The lowest BCUT2D eigenvalue weighted by Crippen LogP contribution is -2.30. The van der Waals surface area contributed by atoms with Crippen molar-refractivity contribution in [1.82, 2.24) is 5.48 Å². The van der Waals surface area contributed by atoms with Crippen LogP contribution in [-0.2, 0) is 9.63 Å². The average molecular weight is 120 g/mol. The molecule has 0 radical (unpaired) electrons. The molecule has 0 aliphatic carbocycles. The first-order valence-electron chi connectivity index (χ1n) is 2.02. The van der Waals surface area contributed by atoms with Gasteiger partial charge in [0.05, 0.1) is 6.54 Å². The minimum absolute atomic E-state index is 0.139. The molecular formula is C3H8N2O3. The zero-order valence-corrected chi connectivity index (χ0v) is 4.26. The van der Waals surface area contributed by atoms with Crippen LogP contribution >= 0.6 is 0 Å². The molecule has 0 heterocycles. The van der Waals surface area contributed by atoms with Gasteiger partial charge in [-0.25, -0.2) is 10.3 Å². The van der Waals surface area contributed by atoms with Gasteiger partial charge in [0, 0.05) is 0 Å². The van der Waals surface area contributed by atoms with Crippen molar-refractivity contribution in [2.75, 3.05) is 13.3 Å². The van der Waals surface area contributed by atoms with E-state index in [0.29, 0.717) is 0 Å². The number of amides is 1. The average Bonchev–Trinajstić information content (AvgIpc) is 1.83. The zero-order chi connectivity index (χ0) is 6.41. The molecule has 0 saturated carbocycles. The monoisotopic (exact) mass is 120 g/mol. The topological polar surface area (TPSA) is 84.6 Å². The van der Waals surface area contributed by atoms with Crippen molar-refractivity contribution < 1.29 is 14.7 Å². The highest BCUT2D eigenvalue weighted by molar-refractivity contribution is 5.76. The summed E-state index contributed by atoms with van der Waals surface area (Å²) in [5, 5.41) is 7.93. The molecule has 0 rings (SSSR count). The summed E-state index contributed by atoms with van der Waals surface area (Å²) in [4.78, 5) is 14.2. The molecule has 0 atom stereocenters. The normalized spacial score (nSPS) is 8.75. The molecule has 0 spiro atoms. The molecule has 0 bridgehead atoms. The largest absolute Gasteiger partial charge is 0.368 e. The molecule has 48 valence electrons. The zero-order valence-electron chi connectivity index (χ0n) is 4.26. The summed E-state index contributed by atoms with van der Waals surface area (Å²) in [6, 6.07) is 0. The second-order valence-corrected chi connectivity index (χ2v) is 1.00. The Morgan fingerprint density at radius 1 is 1.88 bits per heavy atom. The molecular weight excluding hydrogens is 112 g/mol. The van der Waals surface area contributed by atoms with Crippen LogP contribution in [0, 0.1) is 0 Å². The SMILES string of the molecule is NCC(=O)NOCO. The van der Waals surface area contributed by atoms with Gasteiger partial charge >= 0.3 is 0 Å². The molecule has 1 amide bonds. The van der Waals surface area contributed by atoms with Crippen molar-refractivity contribution in [2.45, 2.75) is 0 Å². The van der Waals surface area contributed by atoms with Crippen LogP contribution in [0.2, 0.25) is 0 Å². The fourth-order valence-corrected chi connectivity index (χ4v) is 0.154. The number of hydrogen-bond acceptors (Lipinski definition) is 4. The van der Waals surface area contributed by atoms with Crippen LogP contribution in [0.4, 0.5) is 0 Å². The van der Waals surface area contributed by atoms with Crippen molar-refractivity contribution in [3.63, 3.8) is 0 Å². The van der Waals surface area contributed by atoms with Crippen LogP contribution in [0.5, 0.6) is 0 Å². The van der Waals surface area contributed by atoms with E-state index in [4.69, 9.17) is 10.8 Å². The highest BCUT2D eigenvalue weighted by Crippen LogP contribution is 1.59. The van der Waals surface area contributed by atoms with E-state index < -0.39 is 12.7 Å². The van der Waals surface area contributed by atoms with Crippen LogP contribution in [-0.4, -0.2) is 24.4 Å². The van der Waals surface area contributed by atoms with Crippen LogP contribution in [0.25, 0.3) is 0 Å². The number of nitrogens with two attached hydrogens (primary N) is 1. The first-order valence-corrected chi connectivity index (χ1v) is 2.02. The third-order valence-electron chi connectivity index (χ3n) is 0.436. The number of carbonyl (C=O) groups excluding carboxylic acids is 1. The molecule has 4 N–H and O–H groups in total. The Hall–Kier alpha value is -0.650. The van der Waals surface area contributed by atoms with E-state index in [9.17, 15) is 4.79 Å². The van der Waals surface area contributed by atoms with Crippen LogP contribution in [0.3, 0.4) is 0 Å². The Labute approximate surface area is 46.4 Å². The maximum Gasteiger partial charge on any atom is 0.257 e. The molecule has 5 nitrogen and oxygen atoms in total. The molecule has 0 aliphatic heterocycles. The Kier molecular flexibility index (Phi) is 4.14. The van der Waals surface area contributed by atoms with E-state index in [-0.39, 0.29) is 6.54 Å². The second kappa shape index (κ2) is 4.51. The smallest absolute Gasteiger partial charge is 0.257 e. The fraction of sp³-hybridized carbons (Fsp3) is 0.667. The Bertz CT molecular complexity index is 74.9. The molecule has 0 aromatic carbocycles. The van der Waals surface area contributed by atoms with Crippen LogP contribution in [0.15, 0.2) is 0 Å². The third kappa shape index (κ3) is 3.54. The third-order valence-corrected chi connectivity index (χ3v) is 0.436. The Morgan fingerprint density at radius 2 is 2.50 bits per heavy atom. The number of aliphatic hydroxyl groups excluding tert-OH is 1. The maximum atomic E-state index is 10.1. The number of carbonyl (C=O) groups is 1. The summed E-state index contributed by atoms with van der Waals surface area (Å²) >= 11 is 0. The number of aliphatic hydroxyl groups is 1.